The number of fused-ring (bicyclic) bond motifs is 1. The largest absolute Gasteiger partial charge is 0.489 e. The highest BCUT2D eigenvalue weighted by molar-refractivity contribution is 5.34. The van der Waals surface area contributed by atoms with Gasteiger partial charge < -0.3 is 4.74 Å². The molecule has 2 aromatic carbocycles. The zero-order chi connectivity index (χ0) is 13.9. The zero-order valence-electron chi connectivity index (χ0n) is 12.2. The van der Waals surface area contributed by atoms with Gasteiger partial charge in [-0.05, 0) is 25.5 Å². The Kier molecular flexibility index (Phi) is 3.75. The van der Waals surface area contributed by atoms with Gasteiger partial charge in [0, 0.05) is 25.2 Å². The Bertz CT molecular complexity index is 593. The lowest BCUT2D eigenvalue weighted by molar-refractivity contribution is 0.156. The van der Waals surface area contributed by atoms with E-state index in [4.69, 9.17) is 4.74 Å². The van der Waals surface area contributed by atoms with Crippen LogP contribution in [0.4, 0.5) is 0 Å². The number of hydrogen-bond acceptors (Lipinski definition) is 2. The minimum absolute atomic E-state index is 0.225. The van der Waals surface area contributed by atoms with Crippen molar-refractivity contribution in [3.8, 4) is 5.75 Å². The molecule has 0 radical (unpaired) electrons. The fourth-order valence-corrected chi connectivity index (χ4v) is 2.86. The van der Waals surface area contributed by atoms with Crippen LogP contribution >= 0.6 is 0 Å². The van der Waals surface area contributed by atoms with Crippen LogP contribution < -0.4 is 4.74 Å². The van der Waals surface area contributed by atoms with Crippen LogP contribution in [-0.4, -0.2) is 17.5 Å². The molecule has 20 heavy (non-hydrogen) atoms. The molecule has 0 aliphatic carbocycles. The molecule has 1 aliphatic rings. The first-order valence-corrected chi connectivity index (χ1v) is 7.23. The van der Waals surface area contributed by atoms with Gasteiger partial charge in [0.05, 0.1) is 0 Å². The van der Waals surface area contributed by atoms with Gasteiger partial charge in [-0.15, -0.1) is 0 Å². The van der Waals surface area contributed by atoms with E-state index in [2.05, 4.69) is 61.2 Å². The molecule has 104 valence electrons. The maximum atomic E-state index is 6.01. The Balaban J connectivity index is 1.80. The van der Waals surface area contributed by atoms with Gasteiger partial charge in [-0.3, -0.25) is 4.90 Å². The summed E-state index contributed by atoms with van der Waals surface area (Å²) in [5.74, 6) is 1.03. The van der Waals surface area contributed by atoms with E-state index >= 15 is 0 Å². The second-order valence-electron chi connectivity index (χ2n) is 5.69. The lowest BCUT2D eigenvalue weighted by Crippen LogP contribution is -2.30. The van der Waals surface area contributed by atoms with Gasteiger partial charge in [-0.2, -0.15) is 0 Å². The molecule has 0 aromatic heterocycles. The Labute approximate surface area is 121 Å². The highest BCUT2D eigenvalue weighted by atomic mass is 16.5. The van der Waals surface area contributed by atoms with Crippen LogP contribution in [0.25, 0.3) is 0 Å². The molecule has 1 heterocycles. The molecule has 1 aliphatic heterocycles. The molecule has 2 aromatic rings. The third-order valence-electron chi connectivity index (χ3n) is 3.70. The first-order valence-electron chi connectivity index (χ1n) is 7.23. The van der Waals surface area contributed by atoms with E-state index in [0.717, 1.165) is 25.4 Å². The topological polar surface area (TPSA) is 12.5 Å². The Morgan fingerprint density at radius 3 is 2.85 bits per heavy atom. The smallest absolute Gasteiger partial charge is 0.124 e. The average Bonchev–Trinajstić information content (AvgIpc) is 2.56. The normalized spacial score (nSPS) is 19.0. The Morgan fingerprint density at radius 1 is 1.15 bits per heavy atom. The number of rotatable bonds is 2. The van der Waals surface area contributed by atoms with Crippen LogP contribution in [0.1, 0.15) is 23.6 Å². The Hall–Kier alpha value is -1.80. The molecule has 0 bridgehead atoms. The fourth-order valence-electron chi connectivity index (χ4n) is 2.86. The van der Waals surface area contributed by atoms with Crippen molar-refractivity contribution < 1.29 is 4.74 Å². The van der Waals surface area contributed by atoms with Gasteiger partial charge in [0.25, 0.3) is 0 Å². The molecule has 1 unspecified atom stereocenters. The molecule has 0 saturated carbocycles. The summed E-state index contributed by atoms with van der Waals surface area (Å²) in [5.41, 5.74) is 3.98. The van der Waals surface area contributed by atoms with Crippen molar-refractivity contribution in [2.75, 3.05) is 6.54 Å². The van der Waals surface area contributed by atoms with Gasteiger partial charge in [-0.25, -0.2) is 0 Å². The lowest BCUT2D eigenvalue weighted by atomic mass is 10.1. The number of nitrogens with zero attached hydrogens (tertiary/aromatic N) is 1. The summed E-state index contributed by atoms with van der Waals surface area (Å²) in [6.45, 7) is 7.18. The number of aryl methyl sites for hydroxylation is 1. The highest BCUT2D eigenvalue weighted by Gasteiger charge is 2.19. The van der Waals surface area contributed by atoms with Crippen LogP contribution in [-0.2, 0) is 13.1 Å². The summed E-state index contributed by atoms with van der Waals surface area (Å²) in [4.78, 5) is 2.46. The molecule has 1 atom stereocenters. The molecule has 0 spiro atoms. The molecule has 0 saturated heterocycles. The van der Waals surface area contributed by atoms with Crippen molar-refractivity contribution in [2.24, 2.45) is 0 Å². The Morgan fingerprint density at radius 2 is 2.00 bits per heavy atom. The average molecular weight is 267 g/mol. The van der Waals surface area contributed by atoms with Gasteiger partial charge >= 0.3 is 0 Å². The third kappa shape index (κ3) is 3.02. The van der Waals surface area contributed by atoms with E-state index in [1.54, 1.807) is 0 Å². The monoisotopic (exact) mass is 267 g/mol. The van der Waals surface area contributed by atoms with Crippen LogP contribution in [0, 0.1) is 6.92 Å². The number of hydrogen-bond donors (Lipinski definition) is 0. The van der Waals surface area contributed by atoms with E-state index in [1.807, 2.05) is 6.07 Å². The predicted octanol–water partition coefficient (Wildman–Crippen LogP) is 3.78. The first kappa shape index (κ1) is 13.2. The van der Waals surface area contributed by atoms with Gasteiger partial charge in [0.2, 0.25) is 0 Å². The fraction of sp³-hybridized carbons (Fsp3) is 0.333. The number of benzene rings is 2. The van der Waals surface area contributed by atoms with Crippen molar-refractivity contribution >= 4 is 0 Å². The van der Waals surface area contributed by atoms with Crippen LogP contribution in [0.3, 0.4) is 0 Å². The summed E-state index contributed by atoms with van der Waals surface area (Å²) in [7, 11) is 0. The summed E-state index contributed by atoms with van der Waals surface area (Å²) in [5, 5.41) is 0. The second kappa shape index (κ2) is 5.68. The molecule has 3 rings (SSSR count). The van der Waals surface area contributed by atoms with Crippen LogP contribution in [0.15, 0.2) is 48.5 Å². The van der Waals surface area contributed by atoms with Gasteiger partial charge in [0.1, 0.15) is 11.9 Å². The number of para-hydroxylation sites is 1. The molecule has 2 heteroatoms. The summed E-state index contributed by atoms with van der Waals surface area (Å²) in [6.07, 6.45) is 0.225. The molecule has 0 amide bonds. The molecule has 2 nitrogen and oxygen atoms in total. The van der Waals surface area contributed by atoms with Crippen molar-refractivity contribution in [3.05, 3.63) is 65.2 Å². The number of ether oxygens (including phenoxy) is 1. The van der Waals surface area contributed by atoms with E-state index in [9.17, 15) is 0 Å². The standard InChI is InChI=1S/C18H21NO/c1-14-6-5-7-16(10-14)12-19-11-15(2)20-18-9-4-3-8-17(18)13-19/h3-10,15H,11-13H2,1-2H3. The minimum Gasteiger partial charge on any atom is -0.489 e. The zero-order valence-corrected chi connectivity index (χ0v) is 12.2. The van der Waals surface area contributed by atoms with Crippen molar-refractivity contribution in [3.63, 3.8) is 0 Å². The van der Waals surface area contributed by atoms with Gasteiger partial charge in [-0.1, -0.05) is 48.0 Å². The third-order valence-corrected chi connectivity index (χ3v) is 3.70. The van der Waals surface area contributed by atoms with Gasteiger partial charge in [0.15, 0.2) is 0 Å². The quantitative estimate of drug-likeness (QED) is 0.821. The SMILES string of the molecule is Cc1cccc(CN2Cc3ccccc3OC(C)C2)c1. The van der Waals surface area contributed by atoms with Crippen molar-refractivity contribution in [1.29, 1.82) is 0 Å². The summed E-state index contributed by atoms with van der Waals surface area (Å²) in [6, 6.07) is 17.1. The highest BCUT2D eigenvalue weighted by Crippen LogP contribution is 2.25. The van der Waals surface area contributed by atoms with E-state index in [0.29, 0.717) is 0 Å². The van der Waals surface area contributed by atoms with Crippen LogP contribution in [0.5, 0.6) is 5.75 Å². The molecule has 0 N–H and O–H groups in total. The molecule has 0 fully saturated rings. The van der Waals surface area contributed by atoms with E-state index in [1.165, 1.54) is 16.7 Å². The maximum absolute atomic E-state index is 6.01. The summed E-state index contributed by atoms with van der Waals surface area (Å²) < 4.78 is 6.01. The van der Waals surface area contributed by atoms with E-state index < -0.39 is 0 Å². The van der Waals surface area contributed by atoms with Crippen molar-refractivity contribution in [2.45, 2.75) is 33.0 Å². The molecular weight excluding hydrogens is 246 g/mol. The van der Waals surface area contributed by atoms with E-state index in [-0.39, 0.29) is 6.10 Å². The van der Waals surface area contributed by atoms with Crippen LogP contribution in [0.2, 0.25) is 0 Å². The second-order valence-corrected chi connectivity index (χ2v) is 5.69. The predicted molar refractivity (Wildman–Crippen MR) is 81.8 cm³/mol. The first-order chi connectivity index (χ1) is 9.70. The molecular formula is C18H21NO. The van der Waals surface area contributed by atoms with Crippen molar-refractivity contribution in [1.82, 2.24) is 4.90 Å². The maximum Gasteiger partial charge on any atom is 0.124 e. The minimum atomic E-state index is 0.225. The summed E-state index contributed by atoms with van der Waals surface area (Å²) >= 11 is 0. The lowest BCUT2D eigenvalue weighted by Gasteiger charge is -2.22.